The van der Waals surface area contributed by atoms with Gasteiger partial charge in [-0.25, -0.2) is 4.79 Å². The van der Waals surface area contributed by atoms with Crippen molar-refractivity contribution >= 4 is 22.6 Å². The molecular formula is C11H13ClN2O. The molecule has 0 amide bonds. The second-order valence-electron chi connectivity index (χ2n) is 4.03. The molecule has 0 saturated carbocycles. The standard InChI is InChI=1S/C11H13ClN2O/c1-6(2)10(12)7-3-4-8-9(5-7)14-11(15)13-8/h3-6,10H,1-2H3,(H2,13,14,15). The van der Waals surface area contributed by atoms with Gasteiger partial charge in [-0.1, -0.05) is 19.9 Å². The number of H-pyrrole nitrogens is 2. The summed E-state index contributed by atoms with van der Waals surface area (Å²) in [5.74, 6) is 0.370. The third kappa shape index (κ3) is 1.92. The Morgan fingerprint density at radius 2 is 1.87 bits per heavy atom. The highest BCUT2D eigenvalue weighted by molar-refractivity contribution is 6.21. The smallest absolute Gasteiger partial charge is 0.306 e. The second-order valence-corrected chi connectivity index (χ2v) is 4.50. The van der Waals surface area contributed by atoms with Crippen molar-refractivity contribution in [3.63, 3.8) is 0 Å². The van der Waals surface area contributed by atoms with Gasteiger partial charge in [0.2, 0.25) is 0 Å². The van der Waals surface area contributed by atoms with E-state index in [9.17, 15) is 4.79 Å². The summed E-state index contributed by atoms with van der Waals surface area (Å²) in [6.07, 6.45) is 0. The molecule has 0 spiro atoms. The maximum atomic E-state index is 11.1. The van der Waals surface area contributed by atoms with Gasteiger partial charge in [-0.3, -0.25) is 0 Å². The number of nitrogens with one attached hydrogen (secondary N) is 2. The number of imidazole rings is 1. The fourth-order valence-corrected chi connectivity index (χ4v) is 1.74. The minimum Gasteiger partial charge on any atom is -0.306 e. The molecule has 0 radical (unpaired) electrons. The minimum atomic E-state index is -0.183. The summed E-state index contributed by atoms with van der Waals surface area (Å²) in [7, 11) is 0. The first-order valence-corrected chi connectivity index (χ1v) is 5.37. The summed E-state index contributed by atoms with van der Waals surface area (Å²) < 4.78 is 0. The molecule has 1 aromatic heterocycles. The SMILES string of the molecule is CC(C)C(Cl)c1ccc2[nH]c(=O)[nH]c2c1. The van der Waals surface area contributed by atoms with Crippen LogP contribution >= 0.6 is 11.6 Å². The number of rotatable bonds is 2. The van der Waals surface area contributed by atoms with Crippen LogP contribution in [0.5, 0.6) is 0 Å². The van der Waals surface area contributed by atoms with Crippen LogP contribution in [-0.2, 0) is 0 Å². The average Bonchev–Trinajstić information content (AvgIpc) is 2.55. The zero-order valence-electron chi connectivity index (χ0n) is 8.67. The monoisotopic (exact) mass is 224 g/mol. The van der Waals surface area contributed by atoms with Gasteiger partial charge < -0.3 is 9.97 Å². The zero-order valence-corrected chi connectivity index (χ0v) is 9.43. The predicted molar refractivity (Wildman–Crippen MR) is 62.4 cm³/mol. The molecule has 0 bridgehead atoms. The van der Waals surface area contributed by atoms with Gasteiger partial charge in [0, 0.05) is 0 Å². The Bertz CT molecular complexity index is 527. The lowest BCUT2D eigenvalue weighted by Gasteiger charge is -2.13. The highest BCUT2D eigenvalue weighted by Crippen LogP contribution is 2.29. The molecule has 2 aromatic rings. The van der Waals surface area contributed by atoms with Crippen LogP contribution < -0.4 is 5.69 Å². The quantitative estimate of drug-likeness (QED) is 0.758. The number of aromatic amines is 2. The molecule has 15 heavy (non-hydrogen) atoms. The molecule has 3 nitrogen and oxygen atoms in total. The summed E-state index contributed by atoms with van der Waals surface area (Å²) in [4.78, 5) is 16.5. The number of halogens is 1. The first-order chi connectivity index (χ1) is 7.08. The molecule has 1 unspecified atom stereocenters. The van der Waals surface area contributed by atoms with E-state index in [0.29, 0.717) is 5.92 Å². The Kier molecular flexibility index (Phi) is 2.57. The maximum Gasteiger partial charge on any atom is 0.323 e. The van der Waals surface area contributed by atoms with Crippen LogP contribution in [0.25, 0.3) is 11.0 Å². The van der Waals surface area contributed by atoms with Crippen molar-refractivity contribution in [2.75, 3.05) is 0 Å². The first kappa shape index (κ1) is 10.3. The molecular weight excluding hydrogens is 212 g/mol. The number of fused-ring (bicyclic) bond motifs is 1. The number of hydrogen-bond acceptors (Lipinski definition) is 1. The number of hydrogen-bond donors (Lipinski definition) is 2. The van der Waals surface area contributed by atoms with Crippen molar-refractivity contribution < 1.29 is 0 Å². The number of aromatic nitrogens is 2. The van der Waals surface area contributed by atoms with E-state index in [0.717, 1.165) is 16.6 Å². The summed E-state index contributed by atoms with van der Waals surface area (Å²) in [5, 5.41) is -0.0206. The van der Waals surface area contributed by atoms with Gasteiger partial charge in [-0.15, -0.1) is 11.6 Å². The van der Waals surface area contributed by atoms with Gasteiger partial charge in [0.15, 0.2) is 0 Å². The van der Waals surface area contributed by atoms with Crippen molar-refractivity contribution in [1.29, 1.82) is 0 Å². The van der Waals surface area contributed by atoms with Crippen LogP contribution in [0.15, 0.2) is 23.0 Å². The van der Waals surface area contributed by atoms with Crippen LogP contribution in [-0.4, -0.2) is 9.97 Å². The van der Waals surface area contributed by atoms with Gasteiger partial charge in [0.25, 0.3) is 0 Å². The van der Waals surface area contributed by atoms with Crippen LogP contribution in [0.4, 0.5) is 0 Å². The van der Waals surface area contributed by atoms with E-state index < -0.39 is 0 Å². The summed E-state index contributed by atoms with van der Waals surface area (Å²) in [6, 6.07) is 5.75. The number of alkyl halides is 1. The van der Waals surface area contributed by atoms with Gasteiger partial charge in [-0.2, -0.15) is 0 Å². The van der Waals surface area contributed by atoms with Crippen LogP contribution in [0.3, 0.4) is 0 Å². The Hall–Kier alpha value is -1.22. The highest BCUT2D eigenvalue weighted by Gasteiger charge is 2.12. The van der Waals surface area contributed by atoms with Crippen molar-refractivity contribution in [3.8, 4) is 0 Å². The van der Waals surface area contributed by atoms with Crippen LogP contribution in [0.1, 0.15) is 24.8 Å². The molecule has 80 valence electrons. The third-order valence-electron chi connectivity index (χ3n) is 2.44. The molecule has 2 N–H and O–H groups in total. The predicted octanol–water partition coefficient (Wildman–Crippen LogP) is 2.79. The van der Waals surface area contributed by atoms with Gasteiger partial charge in [-0.05, 0) is 23.6 Å². The van der Waals surface area contributed by atoms with E-state index in [2.05, 4.69) is 23.8 Å². The van der Waals surface area contributed by atoms with Crippen LogP contribution in [0.2, 0.25) is 0 Å². The summed E-state index contributed by atoms with van der Waals surface area (Å²) in [5.41, 5.74) is 2.48. The van der Waals surface area contributed by atoms with E-state index >= 15 is 0 Å². The van der Waals surface area contributed by atoms with Crippen LogP contribution in [0, 0.1) is 5.92 Å². The number of benzene rings is 1. The van der Waals surface area contributed by atoms with Gasteiger partial charge in [0.05, 0.1) is 16.4 Å². The average molecular weight is 225 g/mol. The third-order valence-corrected chi connectivity index (χ3v) is 3.20. The molecule has 0 aliphatic heterocycles. The molecule has 2 rings (SSSR count). The second kappa shape index (κ2) is 3.74. The topological polar surface area (TPSA) is 48.6 Å². The lowest BCUT2D eigenvalue weighted by atomic mass is 10.0. The Balaban J connectivity index is 2.50. The highest BCUT2D eigenvalue weighted by atomic mass is 35.5. The van der Waals surface area contributed by atoms with Gasteiger partial charge in [0.1, 0.15) is 0 Å². The minimum absolute atomic E-state index is 0.0206. The van der Waals surface area contributed by atoms with Crippen molar-refractivity contribution in [1.82, 2.24) is 9.97 Å². The Morgan fingerprint density at radius 3 is 2.53 bits per heavy atom. The van der Waals surface area contributed by atoms with E-state index in [1.54, 1.807) is 0 Å². The normalized spacial score (nSPS) is 13.6. The molecule has 0 fully saturated rings. The molecule has 0 saturated heterocycles. The molecule has 0 aliphatic carbocycles. The van der Waals surface area contributed by atoms with Crippen molar-refractivity contribution in [2.45, 2.75) is 19.2 Å². The first-order valence-electron chi connectivity index (χ1n) is 4.94. The fraction of sp³-hybridized carbons (Fsp3) is 0.364. The lowest BCUT2D eigenvalue weighted by Crippen LogP contribution is -1.99. The molecule has 1 atom stereocenters. The van der Waals surface area contributed by atoms with Crippen molar-refractivity contribution in [2.24, 2.45) is 5.92 Å². The van der Waals surface area contributed by atoms with E-state index in [1.807, 2.05) is 18.2 Å². The molecule has 1 heterocycles. The fourth-order valence-electron chi connectivity index (χ4n) is 1.61. The maximum absolute atomic E-state index is 11.1. The van der Waals surface area contributed by atoms with E-state index in [4.69, 9.17) is 11.6 Å². The zero-order chi connectivity index (χ0) is 11.0. The Morgan fingerprint density at radius 1 is 1.20 bits per heavy atom. The van der Waals surface area contributed by atoms with Crippen molar-refractivity contribution in [3.05, 3.63) is 34.2 Å². The summed E-state index contributed by atoms with van der Waals surface area (Å²) >= 11 is 6.25. The molecule has 1 aromatic carbocycles. The van der Waals surface area contributed by atoms with Gasteiger partial charge >= 0.3 is 5.69 Å². The molecule has 0 aliphatic rings. The molecule has 4 heteroatoms. The summed E-state index contributed by atoms with van der Waals surface area (Å²) in [6.45, 7) is 4.14. The lowest BCUT2D eigenvalue weighted by molar-refractivity contribution is 0.624. The largest absolute Gasteiger partial charge is 0.323 e. The van der Waals surface area contributed by atoms with E-state index in [1.165, 1.54) is 0 Å². The Labute approximate surface area is 92.5 Å². The van der Waals surface area contributed by atoms with E-state index in [-0.39, 0.29) is 11.1 Å².